The van der Waals surface area contributed by atoms with Crippen molar-refractivity contribution in [2.24, 2.45) is 4.99 Å². The smallest absolute Gasteiger partial charge is 0.0868 e. The number of benzene rings is 3. The van der Waals surface area contributed by atoms with Crippen molar-refractivity contribution in [2.75, 3.05) is 18.1 Å². The molecule has 3 nitrogen and oxygen atoms in total. The number of fused-ring (bicyclic) bond motifs is 1. The van der Waals surface area contributed by atoms with Crippen molar-refractivity contribution in [2.45, 2.75) is 26.7 Å². The first kappa shape index (κ1) is 22.7. The van der Waals surface area contributed by atoms with Crippen LogP contribution in [0.1, 0.15) is 32.3 Å². The van der Waals surface area contributed by atoms with Crippen molar-refractivity contribution in [1.82, 2.24) is 5.32 Å². The van der Waals surface area contributed by atoms with E-state index in [-0.39, 0.29) is 0 Å². The number of rotatable bonds is 10. The van der Waals surface area contributed by atoms with Gasteiger partial charge in [-0.2, -0.15) is 0 Å². The molecule has 0 aliphatic rings. The van der Waals surface area contributed by atoms with E-state index in [4.69, 9.17) is 0 Å². The van der Waals surface area contributed by atoms with Crippen molar-refractivity contribution in [3.05, 3.63) is 83.5 Å². The molecule has 0 aliphatic heterocycles. The van der Waals surface area contributed by atoms with Crippen LogP contribution in [-0.2, 0) is 0 Å². The zero-order valence-corrected chi connectivity index (χ0v) is 19.4. The van der Waals surface area contributed by atoms with Gasteiger partial charge >= 0.3 is 0 Å². The van der Waals surface area contributed by atoms with E-state index in [0.29, 0.717) is 0 Å². The van der Waals surface area contributed by atoms with Gasteiger partial charge < -0.3 is 10.6 Å². The van der Waals surface area contributed by atoms with Crippen LogP contribution in [0, 0.1) is 0 Å². The van der Waals surface area contributed by atoms with Gasteiger partial charge in [0.05, 0.1) is 11.4 Å². The third kappa shape index (κ3) is 6.76. The normalized spacial score (nSPS) is 11.8. The minimum absolute atomic E-state index is 0.916. The van der Waals surface area contributed by atoms with Crippen LogP contribution in [0.4, 0.5) is 5.69 Å². The molecule has 0 atom stereocenters. The second kappa shape index (κ2) is 11.4. The van der Waals surface area contributed by atoms with Gasteiger partial charge in [0.1, 0.15) is 0 Å². The Morgan fingerprint density at radius 2 is 1.84 bits per heavy atom. The summed E-state index contributed by atoms with van der Waals surface area (Å²) in [5, 5.41) is 10.3. The number of anilines is 1. The van der Waals surface area contributed by atoms with E-state index in [1.54, 1.807) is 13.4 Å². The van der Waals surface area contributed by atoms with E-state index >= 15 is 0 Å². The van der Waals surface area contributed by atoms with Crippen LogP contribution >= 0.6 is 11.8 Å². The highest BCUT2D eigenvalue weighted by molar-refractivity contribution is 8.03. The molecule has 4 heteroatoms. The lowest BCUT2D eigenvalue weighted by atomic mass is 9.99. The van der Waals surface area contributed by atoms with Crippen molar-refractivity contribution >= 4 is 40.6 Å². The summed E-state index contributed by atoms with van der Waals surface area (Å²) in [6, 6.07) is 21.7. The average Bonchev–Trinajstić information content (AvgIpc) is 2.76. The molecule has 0 bridgehead atoms. The monoisotopic (exact) mass is 429 g/mol. The van der Waals surface area contributed by atoms with Crippen LogP contribution in [-0.4, -0.2) is 19.1 Å². The van der Waals surface area contributed by atoms with E-state index < -0.39 is 0 Å². The van der Waals surface area contributed by atoms with E-state index in [0.717, 1.165) is 27.7 Å². The molecule has 3 aromatic carbocycles. The van der Waals surface area contributed by atoms with E-state index in [9.17, 15) is 0 Å². The molecular formula is C27H31N3S. The Morgan fingerprint density at radius 1 is 1.03 bits per heavy atom. The van der Waals surface area contributed by atoms with Gasteiger partial charge in [-0.15, -0.1) is 11.8 Å². The summed E-state index contributed by atoms with van der Waals surface area (Å²) in [5.41, 5.74) is 5.45. The summed E-state index contributed by atoms with van der Waals surface area (Å²) in [6.45, 7) is 8.21. The molecule has 0 spiro atoms. The van der Waals surface area contributed by atoms with Crippen molar-refractivity contribution in [1.29, 1.82) is 0 Å². The zero-order valence-electron chi connectivity index (χ0n) is 18.6. The number of hydrogen-bond donors (Lipinski definition) is 2. The molecule has 0 saturated heterocycles. The Hall–Kier alpha value is -2.98. The third-order valence-corrected chi connectivity index (χ3v) is 5.82. The Balaban J connectivity index is 2.02. The molecule has 0 fully saturated rings. The molecule has 0 aromatic heterocycles. The Morgan fingerprint density at radius 3 is 2.58 bits per heavy atom. The van der Waals surface area contributed by atoms with Gasteiger partial charge in [0.2, 0.25) is 0 Å². The molecule has 160 valence electrons. The van der Waals surface area contributed by atoms with Crippen LogP contribution in [0.2, 0.25) is 0 Å². The van der Waals surface area contributed by atoms with Crippen molar-refractivity contribution in [3.63, 3.8) is 0 Å². The summed E-state index contributed by atoms with van der Waals surface area (Å²) >= 11 is 1.82. The minimum Gasteiger partial charge on any atom is -0.360 e. The van der Waals surface area contributed by atoms with Crippen LogP contribution in [0.5, 0.6) is 0 Å². The molecule has 0 aliphatic carbocycles. The topological polar surface area (TPSA) is 36.4 Å². The summed E-state index contributed by atoms with van der Waals surface area (Å²) in [6.07, 6.45) is 6.31. The molecule has 0 unspecified atom stereocenters. The van der Waals surface area contributed by atoms with Crippen molar-refractivity contribution in [3.8, 4) is 11.1 Å². The first-order valence-corrected chi connectivity index (χ1v) is 11.7. The standard InChI is InChI=1S/C27H31N3S/c1-5-6-13-31-27(29-19-28-4)16-21-14-25(18-26(15-21)30-20(2)3)24-12-11-22-9-7-8-10-23(22)17-24/h7-12,14-19,30H,2,5-6,13H2,1,3-4H3,(H,28,29)/b27-16+. The number of nitrogens with zero attached hydrogens (tertiary/aromatic N) is 1. The number of unbranched alkanes of at least 4 members (excludes halogenated alkanes) is 1. The largest absolute Gasteiger partial charge is 0.360 e. The quantitative estimate of drug-likeness (QED) is 0.199. The number of allylic oxidation sites excluding steroid dienone is 1. The fraction of sp³-hybridized carbons (Fsp3) is 0.222. The van der Waals surface area contributed by atoms with E-state index in [2.05, 4.69) is 95.9 Å². The number of nitrogens with one attached hydrogen (secondary N) is 2. The van der Waals surface area contributed by atoms with Gasteiger partial charge in [-0.3, -0.25) is 4.99 Å². The van der Waals surface area contributed by atoms with E-state index in [1.165, 1.54) is 34.7 Å². The maximum Gasteiger partial charge on any atom is 0.0868 e. The maximum atomic E-state index is 4.08. The van der Waals surface area contributed by atoms with Gasteiger partial charge in [0.25, 0.3) is 0 Å². The number of thioether (sulfide) groups is 1. The summed E-state index contributed by atoms with van der Waals surface area (Å²) in [4.78, 5) is 4.08. The molecule has 0 amide bonds. The van der Waals surface area contributed by atoms with Gasteiger partial charge in [-0.25, -0.2) is 0 Å². The van der Waals surface area contributed by atoms with Crippen LogP contribution in [0.25, 0.3) is 28.0 Å². The Bertz CT molecular complexity index is 1100. The average molecular weight is 430 g/mol. The predicted molar refractivity (Wildman–Crippen MR) is 141 cm³/mol. The Labute approximate surface area is 190 Å². The second-order valence-electron chi connectivity index (χ2n) is 7.55. The molecule has 2 N–H and O–H groups in total. The molecule has 0 saturated carbocycles. The lowest BCUT2D eigenvalue weighted by molar-refractivity contribution is 0.897. The van der Waals surface area contributed by atoms with E-state index in [1.807, 2.05) is 18.7 Å². The summed E-state index contributed by atoms with van der Waals surface area (Å²) in [5.74, 6) is 1.08. The van der Waals surface area contributed by atoms with Gasteiger partial charge in [0.15, 0.2) is 0 Å². The fourth-order valence-electron chi connectivity index (χ4n) is 3.32. The summed E-state index contributed by atoms with van der Waals surface area (Å²) in [7, 11) is 1.77. The second-order valence-corrected chi connectivity index (χ2v) is 8.69. The molecule has 3 aromatic rings. The first-order chi connectivity index (χ1) is 15.1. The molecule has 31 heavy (non-hydrogen) atoms. The lowest BCUT2D eigenvalue weighted by Crippen LogP contribution is -2.08. The minimum atomic E-state index is 0.916. The SMILES string of the molecule is C=C(C)Nc1cc(/C=C(\NC=NC)SCCCC)cc(-c2ccc3ccccc3c2)c1. The van der Waals surface area contributed by atoms with Crippen molar-refractivity contribution < 1.29 is 0 Å². The van der Waals surface area contributed by atoms with Gasteiger partial charge in [0, 0.05) is 18.4 Å². The molecular weight excluding hydrogens is 398 g/mol. The van der Waals surface area contributed by atoms with Crippen LogP contribution < -0.4 is 10.6 Å². The molecule has 3 rings (SSSR count). The number of aliphatic imine (C=N–C) groups is 1. The third-order valence-electron chi connectivity index (χ3n) is 4.78. The van der Waals surface area contributed by atoms with Crippen LogP contribution in [0.3, 0.4) is 0 Å². The summed E-state index contributed by atoms with van der Waals surface area (Å²) < 4.78 is 0. The van der Waals surface area contributed by atoms with Crippen LogP contribution in [0.15, 0.2) is 83.0 Å². The fourth-order valence-corrected chi connectivity index (χ4v) is 4.33. The Kier molecular flexibility index (Phi) is 8.36. The zero-order chi connectivity index (χ0) is 22.1. The number of hydrogen-bond acceptors (Lipinski definition) is 3. The predicted octanol–water partition coefficient (Wildman–Crippen LogP) is 7.53. The first-order valence-electron chi connectivity index (χ1n) is 10.7. The lowest BCUT2D eigenvalue weighted by Gasteiger charge is -2.12. The van der Waals surface area contributed by atoms with Gasteiger partial charge in [-0.05, 0) is 76.9 Å². The highest BCUT2D eigenvalue weighted by Gasteiger charge is 2.06. The highest BCUT2D eigenvalue weighted by Crippen LogP contribution is 2.30. The molecule has 0 heterocycles. The highest BCUT2D eigenvalue weighted by atomic mass is 32.2. The maximum absolute atomic E-state index is 4.08. The molecule has 0 radical (unpaired) electrons. The van der Waals surface area contributed by atoms with Gasteiger partial charge in [-0.1, -0.05) is 56.3 Å².